The molecule has 0 aliphatic rings. The molecular formula is C18H30BrNO. The molecule has 0 bridgehead atoms. The summed E-state index contributed by atoms with van der Waals surface area (Å²) in [6, 6.07) is 6.08. The summed E-state index contributed by atoms with van der Waals surface area (Å²) in [6.07, 6.45) is 10.5. The number of benzene rings is 1. The predicted molar refractivity (Wildman–Crippen MR) is 94.8 cm³/mol. The first-order valence-electron chi connectivity index (χ1n) is 8.33. The van der Waals surface area contributed by atoms with Crippen LogP contribution in [0.3, 0.4) is 0 Å². The van der Waals surface area contributed by atoms with Gasteiger partial charge in [-0.25, -0.2) is 0 Å². The highest BCUT2D eigenvalue weighted by atomic mass is 79.9. The second kappa shape index (κ2) is 11.1. The molecule has 3 heteroatoms. The van der Waals surface area contributed by atoms with Gasteiger partial charge in [0.2, 0.25) is 0 Å². The van der Waals surface area contributed by atoms with E-state index < -0.39 is 0 Å². The quantitative estimate of drug-likeness (QED) is 0.494. The number of halogens is 1. The second-order valence-corrected chi connectivity index (χ2v) is 6.71. The first-order chi connectivity index (χ1) is 10.1. The van der Waals surface area contributed by atoms with Gasteiger partial charge < -0.3 is 10.5 Å². The van der Waals surface area contributed by atoms with Gasteiger partial charge in [-0.1, -0.05) is 73.9 Å². The molecule has 0 saturated heterocycles. The molecule has 0 radical (unpaired) electrons. The fourth-order valence-corrected chi connectivity index (χ4v) is 2.77. The van der Waals surface area contributed by atoms with E-state index in [1.807, 2.05) is 25.1 Å². The molecule has 0 fully saturated rings. The lowest BCUT2D eigenvalue weighted by Crippen LogP contribution is -2.08. The van der Waals surface area contributed by atoms with Crippen molar-refractivity contribution in [1.82, 2.24) is 0 Å². The minimum Gasteiger partial charge on any atom is -0.493 e. The van der Waals surface area contributed by atoms with Crippen LogP contribution < -0.4 is 10.5 Å². The molecule has 1 rings (SSSR count). The molecule has 0 heterocycles. The van der Waals surface area contributed by atoms with E-state index in [1.54, 1.807) is 0 Å². The average Bonchev–Trinajstić information content (AvgIpc) is 2.45. The number of ether oxygens (including phenoxy) is 1. The summed E-state index contributed by atoms with van der Waals surface area (Å²) < 4.78 is 6.95. The third-order valence-corrected chi connectivity index (χ3v) is 4.21. The van der Waals surface area contributed by atoms with Crippen molar-refractivity contribution in [2.24, 2.45) is 5.73 Å². The van der Waals surface area contributed by atoms with Crippen LogP contribution in [0.5, 0.6) is 5.75 Å². The summed E-state index contributed by atoms with van der Waals surface area (Å²) in [5.74, 6) is 0.919. The largest absolute Gasteiger partial charge is 0.493 e. The highest BCUT2D eigenvalue weighted by Gasteiger charge is 2.08. The Morgan fingerprint density at radius 3 is 2.29 bits per heavy atom. The summed E-state index contributed by atoms with van der Waals surface area (Å²) in [5, 5.41) is 0. The van der Waals surface area contributed by atoms with Gasteiger partial charge in [0, 0.05) is 16.1 Å². The fourth-order valence-electron chi connectivity index (χ4n) is 2.43. The van der Waals surface area contributed by atoms with E-state index in [0.717, 1.165) is 28.8 Å². The zero-order chi connectivity index (χ0) is 15.5. The molecule has 0 aliphatic carbocycles. The smallest absolute Gasteiger partial charge is 0.125 e. The van der Waals surface area contributed by atoms with Gasteiger partial charge in [0.15, 0.2) is 0 Å². The number of rotatable bonds is 11. The Kier molecular flexibility index (Phi) is 9.77. The molecule has 2 N–H and O–H groups in total. The monoisotopic (exact) mass is 355 g/mol. The Hall–Kier alpha value is -0.540. The molecular weight excluding hydrogens is 326 g/mol. The van der Waals surface area contributed by atoms with Crippen molar-refractivity contribution < 1.29 is 4.74 Å². The maximum absolute atomic E-state index is 5.98. The van der Waals surface area contributed by atoms with Crippen LogP contribution in [0.4, 0.5) is 0 Å². The Morgan fingerprint density at radius 1 is 1.05 bits per heavy atom. The molecule has 1 atom stereocenters. The number of nitrogens with two attached hydrogens (primary N) is 1. The molecule has 1 aromatic carbocycles. The van der Waals surface area contributed by atoms with Crippen LogP contribution in [-0.4, -0.2) is 6.61 Å². The number of hydrogen-bond donors (Lipinski definition) is 1. The van der Waals surface area contributed by atoms with E-state index in [9.17, 15) is 0 Å². The summed E-state index contributed by atoms with van der Waals surface area (Å²) in [5.41, 5.74) is 7.06. The first kappa shape index (κ1) is 18.5. The highest BCUT2D eigenvalue weighted by Crippen LogP contribution is 2.27. The van der Waals surface area contributed by atoms with Gasteiger partial charge in [-0.3, -0.25) is 0 Å². The van der Waals surface area contributed by atoms with Crippen molar-refractivity contribution >= 4 is 15.9 Å². The van der Waals surface area contributed by atoms with Gasteiger partial charge in [-0.2, -0.15) is 0 Å². The average molecular weight is 356 g/mol. The van der Waals surface area contributed by atoms with Crippen LogP contribution in [0, 0.1) is 0 Å². The van der Waals surface area contributed by atoms with E-state index in [4.69, 9.17) is 10.5 Å². The summed E-state index contributed by atoms with van der Waals surface area (Å²) in [4.78, 5) is 0. The van der Waals surface area contributed by atoms with Crippen LogP contribution >= 0.6 is 15.9 Å². The van der Waals surface area contributed by atoms with Gasteiger partial charge in [0.25, 0.3) is 0 Å². The Balaban J connectivity index is 2.19. The van der Waals surface area contributed by atoms with Crippen LogP contribution in [0.1, 0.15) is 76.8 Å². The molecule has 1 aromatic rings. The third-order valence-electron chi connectivity index (χ3n) is 3.72. The molecule has 21 heavy (non-hydrogen) atoms. The molecule has 0 spiro atoms. The molecule has 0 saturated carbocycles. The minimum atomic E-state index is 0.00617. The standard InChI is InChI=1S/C18H30BrNO/c1-3-4-5-6-7-8-9-10-13-21-18-14-16(19)11-12-17(18)15(2)20/h11-12,14-15H,3-10,13,20H2,1-2H3. The van der Waals surface area contributed by atoms with Crippen molar-refractivity contribution in [2.75, 3.05) is 6.61 Å². The van der Waals surface area contributed by atoms with E-state index in [0.29, 0.717) is 0 Å². The van der Waals surface area contributed by atoms with E-state index >= 15 is 0 Å². The molecule has 1 unspecified atom stereocenters. The maximum Gasteiger partial charge on any atom is 0.125 e. The lowest BCUT2D eigenvalue weighted by molar-refractivity contribution is 0.300. The molecule has 2 nitrogen and oxygen atoms in total. The number of unbranched alkanes of at least 4 members (excludes halogenated alkanes) is 7. The van der Waals surface area contributed by atoms with Crippen LogP contribution in [0.25, 0.3) is 0 Å². The van der Waals surface area contributed by atoms with Crippen molar-refractivity contribution in [3.63, 3.8) is 0 Å². The fraction of sp³-hybridized carbons (Fsp3) is 0.667. The highest BCUT2D eigenvalue weighted by molar-refractivity contribution is 9.10. The summed E-state index contributed by atoms with van der Waals surface area (Å²) in [6.45, 7) is 5.03. The molecule has 0 aliphatic heterocycles. The lowest BCUT2D eigenvalue weighted by atomic mass is 10.1. The van der Waals surface area contributed by atoms with Crippen LogP contribution in [0.15, 0.2) is 22.7 Å². The Bertz CT molecular complexity index is 393. The summed E-state index contributed by atoms with van der Waals surface area (Å²) >= 11 is 3.49. The van der Waals surface area contributed by atoms with Crippen molar-refractivity contribution in [1.29, 1.82) is 0 Å². The molecule has 0 aromatic heterocycles. The third kappa shape index (κ3) is 7.87. The van der Waals surface area contributed by atoms with Gasteiger partial charge in [-0.05, 0) is 25.5 Å². The van der Waals surface area contributed by atoms with E-state index in [-0.39, 0.29) is 6.04 Å². The summed E-state index contributed by atoms with van der Waals surface area (Å²) in [7, 11) is 0. The Morgan fingerprint density at radius 2 is 1.67 bits per heavy atom. The van der Waals surface area contributed by atoms with E-state index in [1.165, 1.54) is 44.9 Å². The van der Waals surface area contributed by atoms with Crippen LogP contribution in [0.2, 0.25) is 0 Å². The zero-order valence-corrected chi connectivity index (χ0v) is 15.1. The zero-order valence-electron chi connectivity index (χ0n) is 13.5. The van der Waals surface area contributed by atoms with Crippen molar-refractivity contribution in [2.45, 2.75) is 71.3 Å². The van der Waals surface area contributed by atoms with Crippen molar-refractivity contribution in [3.05, 3.63) is 28.2 Å². The van der Waals surface area contributed by atoms with Gasteiger partial charge in [0.1, 0.15) is 5.75 Å². The SMILES string of the molecule is CCCCCCCCCCOc1cc(Br)ccc1C(C)N. The van der Waals surface area contributed by atoms with Crippen molar-refractivity contribution in [3.8, 4) is 5.75 Å². The molecule has 0 amide bonds. The van der Waals surface area contributed by atoms with Gasteiger partial charge in [-0.15, -0.1) is 0 Å². The van der Waals surface area contributed by atoms with E-state index in [2.05, 4.69) is 22.9 Å². The normalized spacial score (nSPS) is 12.4. The van der Waals surface area contributed by atoms with Crippen LogP contribution in [-0.2, 0) is 0 Å². The lowest BCUT2D eigenvalue weighted by Gasteiger charge is -2.14. The van der Waals surface area contributed by atoms with Gasteiger partial charge >= 0.3 is 0 Å². The molecule has 120 valence electrons. The minimum absolute atomic E-state index is 0.00617. The topological polar surface area (TPSA) is 35.2 Å². The van der Waals surface area contributed by atoms with Gasteiger partial charge in [0.05, 0.1) is 6.61 Å². The first-order valence-corrected chi connectivity index (χ1v) is 9.12. The Labute approximate surface area is 138 Å². The maximum atomic E-state index is 5.98. The number of hydrogen-bond acceptors (Lipinski definition) is 2. The second-order valence-electron chi connectivity index (χ2n) is 5.79. The predicted octanol–water partition coefficient (Wildman–Crippen LogP) is 5.99.